The van der Waals surface area contributed by atoms with Crippen molar-refractivity contribution in [3.8, 4) is 5.88 Å². The van der Waals surface area contributed by atoms with Crippen LogP contribution in [0.15, 0.2) is 23.8 Å². The van der Waals surface area contributed by atoms with Gasteiger partial charge in [-0.2, -0.15) is 0 Å². The molecule has 15 heavy (non-hydrogen) atoms. The van der Waals surface area contributed by atoms with Gasteiger partial charge in [-0.15, -0.1) is 11.6 Å². The van der Waals surface area contributed by atoms with Crippen molar-refractivity contribution in [1.82, 2.24) is 4.98 Å². The first-order chi connectivity index (χ1) is 7.17. The van der Waals surface area contributed by atoms with Crippen LogP contribution in [-0.2, 0) is 0 Å². The Morgan fingerprint density at radius 1 is 1.53 bits per heavy atom. The number of aromatic nitrogens is 1. The smallest absolute Gasteiger partial charge is 0.213 e. The summed E-state index contributed by atoms with van der Waals surface area (Å²) in [6.07, 6.45) is 2.01. The maximum Gasteiger partial charge on any atom is 0.213 e. The molecular formula is C12H16ClNO. The monoisotopic (exact) mass is 225 g/mol. The van der Waals surface area contributed by atoms with E-state index in [1.807, 2.05) is 24.3 Å². The molecule has 0 N–H and O–H groups in total. The van der Waals surface area contributed by atoms with Crippen LogP contribution < -0.4 is 4.74 Å². The van der Waals surface area contributed by atoms with Gasteiger partial charge in [-0.1, -0.05) is 25.5 Å². The Morgan fingerprint density at radius 2 is 2.27 bits per heavy atom. The number of hydrogen-bond donors (Lipinski definition) is 0. The fourth-order valence-corrected chi connectivity index (χ4v) is 1.56. The summed E-state index contributed by atoms with van der Waals surface area (Å²) in [5.41, 5.74) is 2.07. The third-order valence-corrected chi connectivity index (χ3v) is 2.49. The van der Waals surface area contributed by atoms with E-state index in [2.05, 4.69) is 18.8 Å². The number of rotatable bonds is 4. The van der Waals surface area contributed by atoms with Crippen LogP contribution >= 0.6 is 11.6 Å². The predicted molar refractivity (Wildman–Crippen MR) is 64.3 cm³/mol. The number of allylic oxidation sites excluding steroid dienone is 1. The van der Waals surface area contributed by atoms with Crippen molar-refractivity contribution in [2.45, 2.75) is 13.8 Å². The first-order valence-electron chi connectivity index (χ1n) is 4.95. The minimum Gasteiger partial charge on any atom is -0.481 e. The summed E-state index contributed by atoms with van der Waals surface area (Å²) < 4.78 is 5.06. The molecule has 0 aliphatic heterocycles. The number of hydrogen-bond acceptors (Lipinski definition) is 2. The van der Waals surface area contributed by atoms with E-state index in [9.17, 15) is 0 Å². The highest BCUT2D eigenvalue weighted by Crippen LogP contribution is 2.16. The molecule has 1 heterocycles. The van der Waals surface area contributed by atoms with Crippen molar-refractivity contribution in [3.63, 3.8) is 0 Å². The molecule has 1 rings (SSSR count). The van der Waals surface area contributed by atoms with E-state index in [1.165, 1.54) is 5.57 Å². The largest absolute Gasteiger partial charge is 0.481 e. The summed E-state index contributed by atoms with van der Waals surface area (Å²) >= 11 is 5.86. The zero-order chi connectivity index (χ0) is 11.3. The zero-order valence-corrected chi connectivity index (χ0v) is 10.1. The Labute approximate surface area is 95.9 Å². The summed E-state index contributed by atoms with van der Waals surface area (Å²) in [6, 6.07) is 5.69. The van der Waals surface area contributed by atoms with E-state index in [4.69, 9.17) is 16.3 Å². The Hall–Kier alpha value is -1.02. The highest BCUT2D eigenvalue weighted by atomic mass is 35.5. The fraction of sp³-hybridized carbons (Fsp3) is 0.417. The SMILES string of the molecule is COc1cccc(/C=C(/CCl)C(C)C)n1. The van der Waals surface area contributed by atoms with Crippen LogP contribution in [0.3, 0.4) is 0 Å². The predicted octanol–water partition coefficient (Wildman–Crippen LogP) is 3.37. The molecule has 0 atom stereocenters. The summed E-state index contributed by atoms with van der Waals surface area (Å²) in [5, 5.41) is 0. The zero-order valence-electron chi connectivity index (χ0n) is 9.33. The van der Waals surface area contributed by atoms with E-state index in [0.717, 1.165) is 5.69 Å². The molecule has 0 saturated heterocycles. The minimum absolute atomic E-state index is 0.440. The van der Waals surface area contributed by atoms with Crippen LogP contribution in [0.5, 0.6) is 5.88 Å². The quantitative estimate of drug-likeness (QED) is 0.733. The molecule has 0 fully saturated rings. The first kappa shape index (κ1) is 12.1. The molecule has 0 aromatic carbocycles. The van der Waals surface area contributed by atoms with Gasteiger partial charge in [0.05, 0.1) is 12.8 Å². The Balaban J connectivity index is 2.95. The molecule has 0 spiro atoms. The Bertz CT molecular complexity index is 347. The maximum absolute atomic E-state index is 5.86. The van der Waals surface area contributed by atoms with Gasteiger partial charge >= 0.3 is 0 Å². The van der Waals surface area contributed by atoms with E-state index in [1.54, 1.807) is 7.11 Å². The lowest BCUT2D eigenvalue weighted by atomic mass is 10.0. The number of halogens is 1. The molecule has 0 amide bonds. The molecule has 0 aliphatic rings. The molecule has 0 aliphatic carbocycles. The highest BCUT2D eigenvalue weighted by Gasteiger charge is 2.02. The lowest BCUT2D eigenvalue weighted by Gasteiger charge is -2.07. The van der Waals surface area contributed by atoms with Gasteiger partial charge in [0.15, 0.2) is 0 Å². The van der Waals surface area contributed by atoms with Crippen LogP contribution in [0.4, 0.5) is 0 Å². The second-order valence-electron chi connectivity index (χ2n) is 3.61. The number of methoxy groups -OCH3 is 1. The van der Waals surface area contributed by atoms with Crippen LogP contribution in [0.2, 0.25) is 0 Å². The van der Waals surface area contributed by atoms with Crippen molar-refractivity contribution in [2.24, 2.45) is 5.92 Å². The van der Waals surface area contributed by atoms with Gasteiger partial charge in [-0.05, 0) is 18.1 Å². The van der Waals surface area contributed by atoms with Crippen LogP contribution in [0, 0.1) is 5.92 Å². The van der Waals surface area contributed by atoms with Crippen LogP contribution in [0.1, 0.15) is 19.5 Å². The number of ether oxygens (including phenoxy) is 1. The molecule has 2 nitrogen and oxygen atoms in total. The van der Waals surface area contributed by atoms with Gasteiger partial charge in [-0.25, -0.2) is 4.98 Å². The summed E-state index contributed by atoms with van der Waals surface area (Å²) in [4.78, 5) is 4.30. The summed E-state index contributed by atoms with van der Waals surface area (Å²) in [5.74, 6) is 1.60. The lowest BCUT2D eigenvalue weighted by Crippen LogP contribution is -1.96. The Kier molecular flexibility index (Phi) is 4.63. The second-order valence-corrected chi connectivity index (χ2v) is 3.88. The molecule has 0 unspecified atom stereocenters. The molecule has 0 radical (unpaired) electrons. The Morgan fingerprint density at radius 3 is 2.80 bits per heavy atom. The van der Waals surface area contributed by atoms with Crippen LogP contribution in [-0.4, -0.2) is 18.0 Å². The molecule has 0 saturated carbocycles. The number of alkyl halides is 1. The van der Waals surface area contributed by atoms with Crippen molar-refractivity contribution in [1.29, 1.82) is 0 Å². The van der Waals surface area contributed by atoms with Gasteiger partial charge in [0.25, 0.3) is 0 Å². The summed E-state index contributed by atoms with van der Waals surface area (Å²) in [7, 11) is 1.61. The first-order valence-corrected chi connectivity index (χ1v) is 5.48. The fourth-order valence-electron chi connectivity index (χ4n) is 1.17. The van der Waals surface area contributed by atoms with E-state index < -0.39 is 0 Å². The van der Waals surface area contributed by atoms with E-state index >= 15 is 0 Å². The third kappa shape index (κ3) is 3.56. The molecule has 1 aromatic heterocycles. The molecule has 1 aromatic rings. The van der Waals surface area contributed by atoms with Crippen molar-refractivity contribution in [3.05, 3.63) is 29.5 Å². The standard InChI is InChI=1S/C12H16ClNO/c1-9(2)10(8-13)7-11-5-4-6-12(14-11)15-3/h4-7,9H,8H2,1-3H3/b10-7-. The van der Waals surface area contributed by atoms with E-state index in [-0.39, 0.29) is 0 Å². The van der Waals surface area contributed by atoms with Gasteiger partial charge in [-0.3, -0.25) is 0 Å². The number of pyridine rings is 1. The third-order valence-electron chi connectivity index (χ3n) is 2.18. The van der Waals surface area contributed by atoms with Crippen molar-refractivity contribution in [2.75, 3.05) is 13.0 Å². The average molecular weight is 226 g/mol. The van der Waals surface area contributed by atoms with E-state index in [0.29, 0.717) is 17.7 Å². The van der Waals surface area contributed by atoms with Crippen LogP contribution in [0.25, 0.3) is 6.08 Å². The maximum atomic E-state index is 5.86. The van der Waals surface area contributed by atoms with Gasteiger partial charge in [0.1, 0.15) is 0 Å². The molecule has 0 bridgehead atoms. The molecule has 82 valence electrons. The van der Waals surface area contributed by atoms with Crippen molar-refractivity contribution >= 4 is 17.7 Å². The normalized spacial score (nSPS) is 11.9. The minimum atomic E-state index is 0.440. The molecular weight excluding hydrogens is 210 g/mol. The summed E-state index contributed by atoms with van der Waals surface area (Å²) in [6.45, 7) is 4.24. The molecule has 3 heteroatoms. The number of nitrogens with zero attached hydrogens (tertiary/aromatic N) is 1. The van der Waals surface area contributed by atoms with Gasteiger partial charge < -0.3 is 4.74 Å². The van der Waals surface area contributed by atoms with Gasteiger partial charge in [0.2, 0.25) is 5.88 Å². The topological polar surface area (TPSA) is 22.1 Å². The lowest BCUT2D eigenvalue weighted by molar-refractivity contribution is 0.397. The second kappa shape index (κ2) is 5.76. The van der Waals surface area contributed by atoms with Crippen molar-refractivity contribution < 1.29 is 4.74 Å². The highest BCUT2D eigenvalue weighted by molar-refractivity contribution is 6.19. The average Bonchev–Trinajstić information content (AvgIpc) is 2.25. The van der Waals surface area contributed by atoms with Gasteiger partial charge in [0, 0.05) is 11.9 Å².